The highest BCUT2D eigenvalue weighted by Gasteiger charge is 2.25. The lowest BCUT2D eigenvalue weighted by Gasteiger charge is -2.32. The predicted molar refractivity (Wildman–Crippen MR) is 91.3 cm³/mol. The molecule has 22 heavy (non-hydrogen) atoms. The number of β-amino-alcohol motifs (C(OH)–C–C–N with tert-alkyl or cyclic N) is 1. The second-order valence-corrected chi connectivity index (χ2v) is 7.28. The highest BCUT2D eigenvalue weighted by molar-refractivity contribution is 5.75. The molecule has 5 nitrogen and oxygen atoms in total. The molecule has 0 aliphatic carbocycles. The van der Waals surface area contributed by atoms with Gasteiger partial charge in [0, 0.05) is 39.3 Å². The maximum atomic E-state index is 10.1. The summed E-state index contributed by atoms with van der Waals surface area (Å²) in [5.41, 5.74) is 3.06. The van der Waals surface area contributed by atoms with Crippen LogP contribution in [0.5, 0.6) is 0 Å². The van der Waals surface area contributed by atoms with Gasteiger partial charge in [0.2, 0.25) is 0 Å². The molecular weight excluding hydrogens is 276 g/mol. The Labute approximate surface area is 133 Å². The van der Waals surface area contributed by atoms with Crippen LogP contribution in [0.3, 0.4) is 0 Å². The van der Waals surface area contributed by atoms with Crippen molar-refractivity contribution in [3.05, 3.63) is 23.8 Å². The Kier molecular flexibility index (Phi) is 4.30. The van der Waals surface area contributed by atoms with Gasteiger partial charge in [0.05, 0.1) is 23.6 Å². The highest BCUT2D eigenvalue weighted by Crippen LogP contribution is 2.33. The first-order chi connectivity index (χ1) is 10.4. The van der Waals surface area contributed by atoms with Crippen LogP contribution in [0, 0.1) is 0 Å². The molecule has 122 valence electrons. The van der Waals surface area contributed by atoms with E-state index in [0.29, 0.717) is 6.54 Å². The van der Waals surface area contributed by atoms with Crippen molar-refractivity contribution >= 4 is 11.4 Å². The normalized spacial score (nSPS) is 20.1. The van der Waals surface area contributed by atoms with Crippen molar-refractivity contribution in [3.63, 3.8) is 0 Å². The Balaban J connectivity index is 1.69. The molecule has 2 aliphatic heterocycles. The van der Waals surface area contributed by atoms with Gasteiger partial charge in [0.25, 0.3) is 0 Å². The van der Waals surface area contributed by atoms with E-state index in [4.69, 9.17) is 0 Å². The molecule has 0 atom stereocenters. The zero-order chi connectivity index (χ0) is 15.7. The number of rotatable bonds is 4. The Hall–Kier alpha value is -1.30. The molecule has 0 unspecified atom stereocenters. The van der Waals surface area contributed by atoms with E-state index in [2.05, 4.69) is 45.3 Å². The highest BCUT2D eigenvalue weighted by atomic mass is 16.3. The molecular formula is C17H28N4O. The number of nitrogens with one attached hydrogen (secondary N) is 1. The summed E-state index contributed by atoms with van der Waals surface area (Å²) in [5, 5.41) is 13.5. The number of nitrogens with zero attached hydrogens (tertiary/aromatic N) is 3. The average Bonchev–Trinajstić information content (AvgIpc) is 2.82. The van der Waals surface area contributed by atoms with Crippen molar-refractivity contribution in [3.8, 4) is 0 Å². The number of aliphatic hydroxyl groups is 1. The lowest BCUT2D eigenvalue weighted by atomic mass is 10.1. The number of piperazine rings is 1. The van der Waals surface area contributed by atoms with E-state index >= 15 is 0 Å². The van der Waals surface area contributed by atoms with E-state index in [9.17, 15) is 5.11 Å². The third-order valence-electron chi connectivity index (χ3n) is 4.44. The third-order valence-corrected chi connectivity index (χ3v) is 4.44. The third kappa shape index (κ3) is 3.72. The topological polar surface area (TPSA) is 42.0 Å². The van der Waals surface area contributed by atoms with Gasteiger partial charge in [-0.3, -0.25) is 4.90 Å². The van der Waals surface area contributed by atoms with E-state index in [1.807, 2.05) is 13.8 Å². The molecule has 2 aliphatic rings. The number of anilines is 2. The van der Waals surface area contributed by atoms with E-state index in [0.717, 1.165) is 39.4 Å². The van der Waals surface area contributed by atoms with Gasteiger partial charge >= 0.3 is 0 Å². The second kappa shape index (κ2) is 6.07. The summed E-state index contributed by atoms with van der Waals surface area (Å²) in [4.78, 5) is 7.13. The summed E-state index contributed by atoms with van der Waals surface area (Å²) in [5.74, 6) is 0. The lowest BCUT2D eigenvalue weighted by Crippen LogP contribution is -2.43. The van der Waals surface area contributed by atoms with Crippen molar-refractivity contribution in [1.82, 2.24) is 9.80 Å². The molecule has 1 fully saturated rings. The summed E-state index contributed by atoms with van der Waals surface area (Å²) < 4.78 is 0. The maximum Gasteiger partial charge on any atom is 0.0878 e. The van der Waals surface area contributed by atoms with Crippen LogP contribution in [0.4, 0.5) is 11.4 Å². The van der Waals surface area contributed by atoms with Gasteiger partial charge in [-0.15, -0.1) is 0 Å². The number of fused-ring (bicyclic) bond motifs is 1. The van der Waals surface area contributed by atoms with Crippen LogP contribution in [-0.4, -0.2) is 66.9 Å². The maximum absolute atomic E-state index is 10.1. The van der Waals surface area contributed by atoms with Crippen molar-refractivity contribution in [2.24, 2.45) is 0 Å². The summed E-state index contributed by atoms with van der Waals surface area (Å²) in [7, 11) is 2.19. The smallest absolute Gasteiger partial charge is 0.0878 e. The molecule has 5 heteroatoms. The fourth-order valence-electron chi connectivity index (χ4n) is 3.22. The molecule has 1 aromatic rings. The summed E-state index contributed by atoms with van der Waals surface area (Å²) in [6.45, 7) is 10.7. The first-order valence-electron chi connectivity index (χ1n) is 8.16. The standard InChI is InChI=1S/C17H28N4O/c1-17(2,22)12-21-13-18-15-5-4-14(10-16(15)21)11-20-8-6-19(3)7-9-20/h4-5,10,18,22H,6-9,11-13H2,1-3H3. The fraction of sp³-hybridized carbons (Fsp3) is 0.647. The van der Waals surface area contributed by atoms with E-state index < -0.39 is 5.60 Å². The molecule has 2 N–H and O–H groups in total. The zero-order valence-electron chi connectivity index (χ0n) is 14.0. The van der Waals surface area contributed by atoms with Gasteiger partial charge in [-0.1, -0.05) is 6.07 Å². The minimum Gasteiger partial charge on any atom is -0.389 e. The van der Waals surface area contributed by atoms with Gasteiger partial charge in [0.1, 0.15) is 0 Å². The van der Waals surface area contributed by atoms with E-state index in [1.54, 1.807) is 0 Å². The summed E-state index contributed by atoms with van der Waals surface area (Å²) in [6.07, 6.45) is 0. The van der Waals surface area contributed by atoms with E-state index in [-0.39, 0.29) is 0 Å². The van der Waals surface area contributed by atoms with Crippen LogP contribution in [0.15, 0.2) is 18.2 Å². The Morgan fingerprint density at radius 3 is 2.59 bits per heavy atom. The van der Waals surface area contributed by atoms with Crippen molar-refractivity contribution in [2.45, 2.75) is 26.0 Å². The molecule has 1 saturated heterocycles. The van der Waals surface area contributed by atoms with Crippen molar-refractivity contribution < 1.29 is 5.11 Å². The molecule has 0 spiro atoms. The monoisotopic (exact) mass is 304 g/mol. The number of likely N-dealkylation sites (N-methyl/N-ethyl adjacent to an activating group) is 1. The fourth-order valence-corrected chi connectivity index (χ4v) is 3.22. The van der Waals surface area contributed by atoms with Crippen LogP contribution in [0.25, 0.3) is 0 Å². The van der Waals surface area contributed by atoms with Gasteiger partial charge in [0.15, 0.2) is 0 Å². The zero-order valence-corrected chi connectivity index (χ0v) is 14.0. The minimum absolute atomic E-state index is 0.644. The van der Waals surface area contributed by atoms with Crippen LogP contribution in [-0.2, 0) is 6.54 Å². The molecule has 0 bridgehead atoms. The molecule has 0 radical (unpaired) electrons. The van der Waals surface area contributed by atoms with Crippen molar-refractivity contribution in [2.75, 3.05) is 56.7 Å². The number of hydrogen-bond acceptors (Lipinski definition) is 5. The van der Waals surface area contributed by atoms with Gasteiger partial charge in [-0.05, 0) is 38.6 Å². The number of benzene rings is 1. The van der Waals surface area contributed by atoms with E-state index in [1.165, 1.54) is 16.9 Å². The SMILES string of the molecule is CN1CCN(Cc2ccc3c(c2)N(CC(C)(C)O)CN3)CC1. The first kappa shape index (κ1) is 15.6. The Morgan fingerprint density at radius 1 is 1.18 bits per heavy atom. The van der Waals surface area contributed by atoms with Gasteiger partial charge in [-0.2, -0.15) is 0 Å². The largest absolute Gasteiger partial charge is 0.389 e. The summed E-state index contributed by atoms with van der Waals surface area (Å²) >= 11 is 0. The average molecular weight is 304 g/mol. The molecule has 0 aromatic heterocycles. The Bertz CT molecular complexity index is 518. The Morgan fingerprint density at radius 2 is 1.91 bits per heavy atom. The van der Waals surface area contributed by atoms with Crippen molar-refractivity contribution in [1.29, 1.82) is 0 Å². The molecule has 1 aromatic carbocycles. The number of hydrogen-bond donors (Lipinski definition) is 2. The first-order valence-corrected chi connectivity index (χ1v) is 8.16. The van der Waals surface area contributed by atoms with Crippen LogP contribution in [0.2, 0.25) is 0 Å². The lowest BCUT2D eigenvalue weighted by molar-refractivity contribution is 0.0880. The van der Waals surface area contributed by atoms with Gasteiger partial charge in [-0.25, -0.2) is 0 Å². The quantitative estimate of drug-likeness (QED) is 0.880. The molecule has 2 heterocycles. The van der Waals surface area contributed by atoms with Crippen LogP contribution >= 0.6 is 0 Å². The predicted octanol–water partition coefficient (Wildman–Crippen LogP) is 1.39. The second-order valence-electron chi connectivity index (χ2n) is 7.28. The molecule has 0 saturated carbocycles. The molecule has 3 rings (SSSR count). The minimum atomic E-state index is -0.684. The van der Waals surface area contributed by atoms with Crippen LogP contribution < -0.4 is 10.2 Å². The molecule has 0 amide bonds. The van der Waals surface area contributed by atoms with Gasteiger partial charge < -0.3 is 20.2 Å². The van der Waals surface area contributed by atoms with Crippen LogP contribution in [0.1, 0.15) is 19.4 Å². The summed E-state index contributed by atoms with van der Waals surface area (Å²) in [6, 6.07) is 6.67.